The molecule has 3 rings (SSSR count). The van der Waals surface area contributed by atoms with Crippen LogP contribution >= 0.6 is 0 Å². The molecule has 2 heterocycles. The highest BCUT2D eigenvalue weighted by molar-refractivity contribution is 5.95. The molecule has 4 heteroatoms. The van der Waals surface area contributed by atoms with Crippen molar-refractivity contribution < 1.29 is 8.83 Å². The van der Waals surface area contributed by atoms with Gasteiger partial charge in [-0.3, -0.25) is 0 Å². The smallest absolute Gasteiger partial charge is 0.191 e. The zero-order valence-corrected chi connectivity index (χ0v) is 7.28. The van der Waals surface area contributed by atoms with Crippen molar-refractivity contribution in [3.05, 3.63) is 24.3 Å². The Hall–Kier alpha value is -2.10. The number of hydrogen-bond donors (Lipinski definition) is 2. The van der Waals surface area contributed by atoms with E-state index in [-0.39, 0.29) is 0 Å². The van der Waals surface area contributed by atoms with Crippen LogP contribution in [0.15, 0.2) is 33.1 Å². The van der Waals surface area contributed by atoms with Gasteiger partial charge in [0.1, 0.15) is 11.2 Å². The lowest BCUT2D eigenvalue weighted by molar-refractivity contribution is 0.633. The molecule has 0 radical (unpaired) electrons. The fourth-order valence-corrected chi connectivity index (χ4v) is 1.61. The number of anilines is 2. The van der Waals surface area contributed by atoms with Gasteiger partial charge < -0.3 is 20.3 Å². The van der Waals surface area contributed by atoms with Crippen molar-refractivity contribution in [2.24, 2.45) is 0 Å². The number of nitrogen functional groups attached to an aromatic ring is 2. The summed E-state index contributed by atoms with van der Waals surface area (Å²) in [5.74, 6) is 0.807. The highest BCUT2D eigenvalue weighted by Gasteiger charge is 2.06. The summed E-state index contributed by atoms with van der Waals surface area (Å²) < 4.78 is 10.6. The summed E-state index contributed by atoms with van der Waals surface area (Å²) in [5, 5.41) is 1.84. The van der Waals surface area contributed by atoms with Crippen LogP contribution in [0.3, 0.4) is 0 Å². The van der Waals surface area contributed by atoms with E-state index in [4.69, 9.17) is 20.3 Å². The summed E-state index contributed by atoms with van der Waals surface area (Å²) in [6.45, 7) is 0. The molecule has 0 spiro atoms. The summed E-state index contributed by atoms with van der Waals surface area (Å²) in [7, 11) is 0. The molecule has 0 atom stereocenters. The second-order valence-corrected chi connectivity index (χ2v) is 3.23. The van der Waals surface area contributed by atoms with Gasteiger partial charge >= 0.3 is 0 Å². The first-order valence-electron chi connectivity index (χ1n) is 4.20. The van der Waals surface area contributed by atoms with Crippen molar-refractivity contribution in [3.8, 4) is 0 Å². The number of rotatable bonds is 0. The average Bonchev–Trinajstić information content (AvgIpc) is 2.59. The van der Waals surface area contributed by atoms with Crippen LogP contribution in [0, 0.1) is 0 Å². The van der Waals surface area contributed by atoms with Crippen molar-refractivity contribution in [2.75, 3.05) is 11.5 Å². The maximum absolute atomic E-state index is 5.53. The third kappa shape index (κ3) is 0.877. The molecule has 2 aromatic heterocycles. The predicted molar refractivity (Wildman–Crippen MR) is 54.8 cm³/mol. The van der Waals surface area contributed by atoms with Gasteiger partial charge in [0, 0.05) is 22.9 Å². The quantitative estimate of drug-likeness (QED) is 0.567. The molecule has 0 amide bonds. The van der Waals surface area contributed by atoms with E-state index in [9.17, 15) is 0 Å². The Morgan fingerprint density at radius 1 is 0.714 bits per heavy atom. The number of furan rings is 2. The maximum Gasteiger partial charge on any atom is 0.191 e. The van der Waals surface area contributed by atoms with E-state index in [1.54, 1.807) is 12.1 Å². The van der Waals surface area contributed by atoms with Gasteiger partial charge in [0.25, 0.3) is 0 Å². The first kappa shape index (κ1) is 7.32. The van der Waals surface area contributed by atoms with Crippen LogP contribution in [0.1, 0.15) is 0 Å². The molecule has 14 heavy (non-hydrogen) atoms. The molecule has 0 aliphatic heterocycles. The van der Waals surface area contributed by atoms with Gasteiger partial charge in [0.15, 0.2) is 11.8 Å². The minimum atomic E-state index is 0.403. The van der Waals surface area contributed by atoms with Crippen LogP contribution in [0.2, 0.25) is 0 Å². The number of benzene rings is 1. The fourth-order valence-electron chi connectivity index (χ4n) is 1.61. The molecule has 0 bridgehead atoms. The molecule has 70 valence electrons. The Labute approximate surface area is 79.1 Å². The van der Waals surface area contributed by atoms with Gasteiger partial charge in [-0.1, -0.05) is 0 Å². The molecule has 0 unspecified atom stereocenters. The minimum absolute atomic E-state index is 0.403. The van der Waals surface area contributed by atoms with Crippen LogP contribution in [-0.4, -0.2) is 0 Å². The van der Waals surface area contributed by atoms with Crippen molar-refractivity contribution in [2.45, 2.75) is 0 Å². The second kappa shape index (κ2) is 2.23. The van der Waals surface area contributed by atoms with E-state index >= 15 is 0 Å². The standard InChI is InChI=1S/C10H8N2O2/c11-9-3-5-1-7-6(2-8(5)14-9)4-10(12)13-7/h1-4H,11-12H2. The summed E-state index contributed by atoms with van der Waals surface area (Å²) >= 11 is 0. The van der Waals surface area contributed by atoms with Gasteiger partial charge in [0.2, 0.25) is 0 Å². The van der Waals surface area contributed by atoms with E-state index in [1.807, 2.05) is 12.1 Å². The topological polar surface area (TPSA) is 78.3 Å². The molecular weight excluding hydrogens is 180 g/mol. The Balaban J connectivity index is 2.49. The summed E-state index contributed by atoms with van der Waals surface area (Å²) in [6.07, 6.45) is 0. The van der Waals surface area contributed by atoms with E-state index in [0.29, 0.717) is 11.8 Å². The normalized spacial score (nSPS) is 11.4. The zero-order chi connectivity index (χ0) is 9.71. The fraction of sp³-hybridized carbons (Fsp3) is 0. The number of fused-ring (bicyclic) bond motifs is 2. The third-order valence-electron chi connectivity index (χ3n) is 2.19. The molecule has 3 aromatic rings. The van der Waals surface area contributed by atoms with Crippen molar-refractivity contribution in [3.63, 3.8) is 0 Å². The molecular formula is C10H8N2O2. The number of nitrogens with two attached hydrogens (primary N) is 2. The Kier molecular flexibility index (Phi) is 1.16. The maximum atomic E-state index is 5.53. The van der Waals surface area contributed by atoms with Crippen molar-refractivity contribution in [1.29, 1.82) is 0 Å². The van der Waals surface area contributed by atoms with Crippen LogP contribution < -0.4 is 11.5 Å². The summed E-state index contributed by atoms with van der Waals surface area (Å²) in [5.41, 5.74) is 12.6. The lowest BCUT2D eigenvalue weighted by Crippen LogP contribution is -1.75. The Morgan fingerprint density at radius 2 is 1.14 bits per heavy atom. The molecule has 0 saturated carbocycles. The number of hydrogen-bond acceptors (Lipinski definition) is 4. The molecule has 0 fully saturated rings. The van der Waals surface area contributed by atoms with Gasteiger partial charge in [-0.25, -0.2) is 0 Å². The van der Waals surface area contributed by atoms with E-state index in [0.717, 1.165) is 21.9 Å². The highest BCUT2D eigenvalue weighted by Crippen LogP contribution is 2.29. The highest BCUT2D eigenvalue weighted by atomic mass is 16.4. The van der Waals surface area contributed by atoms with Crippen LogP contribution in [-0.2, 0) is 0 Å². The third-order valence-corrected chi connectivity index (χ3v) is 2.19. The molecule has 0 aliphatic carbocycles. The molecule has 4 nitrogen and oxygen atoms in total. The first-order valence-corrected chi connectivity index (χ1v) is 4.20. The van der Waals surface area contributed by atoms with Gasteiger partial charge in [-0.2, -0.15) is 0 Å². The largest absolute Gasteiger partial charge is 0.441 e. The van der Waals surface area contributed by atoms with Crippen LogP contribution in [0.25, 0.3) is 21.9 Å². The van der Waals surface area contributed by atoms with Gasteiger partial charge in [-0.15, -0.1) is 0 Å². The van der Waals surface area contributed by atoms with E-state index in [1.165, 1.54) is 0 Å². The Morgan fingerprint density at radius 3 is 1.57 bits per heavy atom. The van der Waals surface area contributed by atoms with E-state index in [2.05, 4.69) is 0 Å². The van der Waals surface area contributed by atoms with Crippen molar-refractivity contribution >= 4 is 33.7 Å². The Bertz CT molecular complexity index is 519. The first-order chi connectivity index (χ1) is 6.72. The predicted octanol–water partition coefficient (Wildman–Crippen LogP) is 2.34. The monoisotopic (exact) mass is 188 g/mol. The lowest BCUT2D eigenvalue weighted by atomic mass is 10.2. The molecule has 0 saturated heterocycles. The van der Waals surface area contributed by atoms with E-state index < -0.39 is 0 Å². The SMILES string of the molecule is Nc1cc2cc3oc(N)cc3cc2o1. The molecule has 4 N–H and O–H groups in total. The summed E-state index contributed by atoms with van der Waals surface area (Å²) in [4.78, 5) is 0. The average molecular weight is 188 g/mol. The van der Waals surface area contributed by atoms with Crippen LogP contribution in [0.5, 0.6) is 0 Å². The van der Waals surface area contributed by atoms with Gasteiger partial charge in [-0.05, 0) is 12.1 Å². The van der Waals surface area contributed by atoms with Gasteiger partial charge in [0.05, 0.1) is 0 Å². The molecule has 0 aliphatic rings. The second-order valence-electron chi connectivity index (χ2n) is 3.23. The summed E-state index contributed by atoms with van der Waals surface area (Å²) in [6, 6.07) is 7.24. The zero-order valence-electron chi connectivity index (χ0n) is 7.28. The van der Waals surface area contributed by atoms with Crippen LogP contribution in [0.4, 0.5) is 11.8 Å². The van der Waals surface area contributed by atoms with Crippen molar-refractivity contribution in [1.82, 2.24) is 0 Å². The molecule has 1 aromatic carbocycles. The lowest BCUT2D eigenvalue weighted by Gasteiger charge is -1.87. The minimum Gasteiger partial charge on any atom is -0.441 e.